The number of halogens is 2. The van der Waals surface area contributed by atoms with Crippen molar-refractivity contribution >= 4 is 46.8 Å². The maximum absolute atomic E-state index is 15.4. The van der Waals surface area contributed by atoms with Crippen LogP contribution in [0.15, 0.2) is 54.6 Å². The molecule has 8 rings (SSSR count). The van der Waals surface area contributed by atoms with Crippen molar-refractivity contribution in [3.8, 4) is 23.7 Å². The molecule has 316 valence electrons. The molecule has 1 unspecified atom stereocenters. The number of hydrogen-bond donors (Lipinski definition) is 2. The van der Waals surface area contributed by atoms with E-state index in [4.69, 9.17) is 16.3 Å². The minimum atomic E-state index is -0.991. The molecule has 0 aromatic heterocycles. The third-order valence-electron chi connectivity index (χ3n) is 13.4. The first-order valence-electron chi connectivity index (χ1n) is 20.9. The quantitative estimate of drug-likeness (QED) is 0.213. The monoisotopic (exact) mass is 846 g/mol. The fourth-order valence-corrected chi connectivity index (χ4v) is 10.5. The summed E-state index contributed by atoms with van der Waals surface area (Å²) in [6, 6.07) is 15.9. The molecular formula is C47H48ClFN6O6. The molecule has 3 aromatic rings. The lowest BCUT2D eigenvalue weighted by atomic mass is 9.49. The second-order valence-corrected chi connectivity index (χ2v) is 18.4. The van der Waals surface area contributed by atoms with Gasteiger partial charge in [0.15, 0.2) is 0 Å². The zero-order chi connectivity index (χ0) is 43.4. The SMILES string of the molecule is CC1(C)[C@H](NC(=O)c2ccc(C#CC3CCN(C4CCN(c5ccc6c(c5)C(=O)N(C5CCC(=O)NC5=O)C6=O)CC4)CC3)cc2F)C(C)(C)[C@H]1Oc1ccc(C#N)c(Cl)c1. The van der Waals surface area contributed by atoms with Gasteiger partial charge in [0.2, 0.25) is 11.8 Å². The smallest absolute Gasteiger partial charge is 0.262 e. The molecular weight excluding hydrogens is 799 g/mol. The molecule has 1 atom stereocenters. The van der Waals surface area contributed by atoms with Crippen molar-refractivity contribution < 1.29 is 33.1 Å². The highest BCUT2D eigenvalue weighted by atomic mass is 35.5. The van der Waals surface area contributed by atoms with Crippen LogP contribution >= 0.6 is 11.6 Å². The van der Waals surface area contributed by atoms with E-state index < -0.39 is 52.2 Å². The van der Waals surface area contributed by atoms with E-state index in [2.05, 4.69) is 32.3 Å². The summed E-state index contributed by atoms with van der Waals surface area (Å²) in [6.45, 7) is 11.4. The number of fused-ring (bicyclic) bond motifs is 1. The Morgan fingerprint density at radius 3 is 2.25 bits per heavy atom. The van der Waals surface area contributed by atoms with Crippen LogP contribution in [0.25, 0.3) is 0 Å². The number of carbonyl (C=O) groups excluding carboxylic acids is 5. The van der Waals surface area contributed by atoms with Crippen molar-refractivity contribution in [1.29, 1.82) is 5.26 Å². The number of benzene rings is 3. The summed E-state index contributed by atoms with van der Waals surface area (Å²) in [5.41, 5.74) is 1.27. The highest BCUT2D eigenvalue weighted by Gasteiger charge is 2.64. The van der Waals surface area contributed by atoms with Gasteiger partial charge in [-0.15, -0.1) is 0 Å². The predicted molar refractivity (Wildman–Crippen MR) is 225 cm³/mol. The van der Waals surface area contributed by atoms with Crippen molar-refractivity contribution in [2.24, 2.45) is 16.7 Å². The van der Waals surface area contributed by atoms with E-state index in [1.165, 1.54) is 12.1 Å². The topological polar surface area (TPSA) is 152 Å². The van der Waals surface area contributed by atoms with Crippen LogP contribution < -0.4 is 20.3 Å². The second kappa shape index (κ2) is 16.3. The van der Waals surface area contributed by atoms with Crippen LogP contribution in [0.2, 0.25) is 5.02 Å². The average molecular weight is 847 g/mol. The van der Waals surface area contributed by atoms with E-state index in [0.717, 1.165) is 62.4 Å². The van der Waals surface area contributed by atoms with E-state index in [9.17, 15) is 29.2 Å². The third-order valence-corrected chi connectivity index (χ3v) is 13.7. The lowest BCUT2D eigenvalue weighted by Crippen LogP contribution is -2.74. The number of rotatable bonds is 7. The molecule has 3 saturated heterocycles. The van der Waals surface area contributed by atoms with Gasteiger partial charge in [0.05, 0.1) is 27.3 Å². The van der Waals surface area contributed by atoms with Gasteiger partial charge in [0, 0.05) is 65.7 Å². The average Bonchev–Trinajstić information content (AvgIpc) is 3.48. The molecule has 2 N–H and O–H groups in total. The lowest BCUT2D eigenvalue weighted by Gasteiger charge is -2.63. The Bertz CT molecular complexity index is 2420. The Morgan fingerprint density at radius 1 is 0.885 bits per heavy atom. The summed E-state index contributed by atoms with van der Waals surface area (Å²) in [4.78, 5) is 69.7. The van der Waals surface area contributed by atoms with Crippen molar-refractivity contribution in [2.45, 2.75) is 90.4 Å². The van der Waals surface area contributed by atoms with Crippen LogP contribution in [0.3, 0.4) is 0 Å². The molecule has 0 radical (unpaired) electrons. The molecule has 12 nitrogen and oxygen atoms in total. The van der Waals surface area contributed by atoms with Gasteiger partial charge in [-0.3, -0.25) is 34.2 Å². The summed E-state index contributed by atoms with van der Waals surface area (Å²) in [5.74, 6) is 4.03. The summed E-state index contributed by atoms with van der Waals surface area (Å²) in [5, 5.41) is 14.8. The van der Waals surface area contributed by atoms with E-state index >= 15 is 4.39 Å². The Kier molecular flexibility index (Phi) is 11.2. The summed E-state index contributed by atoms with van der Waals surface area (Å²) in [6.07, 6.45) is 3.60. The highest BCUT2D eigenvalue weighted by Crippen LogP contribution is 2.55. The highest BCUT2D eigenvalue weighted by molar-refractivity contribution is 6.31. The molecule has 4 aliphatic heterocycles. The molecule has 4 heterocycles. The predicted octanol–water partition coefficient (Wildman–Crippen LogP) is 6.10. The Morgan fingerprint density at radius 2 is 1.59 bits per heavy atom. The molecule has 5 aliphatic rings. The molecule has 0 spiro atoms. The van der Waals surface area contributed by atoms with Gasteiger partial charge in [0.25, 0.3) is 17.7 Å². The number of anilines is 1. The first kappa shape index (κ1) is 42.0. The van der Waals surface area contributed by atoms with Crippen LogP contribution in [0.4, 0.5) is 10.1 Å². The number of hydrogen-bond acceptors (Lipinski definition) is 9. The van der Waals surface area contributed by atoms with Crippen molar-refractivity contribution in [2.75, 3.05) is 31.1 Å². The van der Waals surface area contributed by atoms with Gasteiger partial charge in [0.1, 0.15) is 29.8 Å². The summed E-state index contributed by atoms with van der Waals surface area (Å²) >= 11 is 6.22. The number of nitrogens with zero attached hydrogens (tertiary/aromatic N) is 4. The molecule has 5 amide bonds. The first-order chi connectivity index (χ1) is 29.1. The zero-order valence-corrected chi connectivity index (χ0v) is 35.4. The minimum absolute atomic E-state index is 0.0454. The maximum Gasteiger partial charge on any atom is 0.262 e. The molecule has 61 heavy (non-hydrogen) atoms. The molecule has 1 saturated carbocycles. The molecule has 1 aliphatic carbocycles. The van der Waals surface area contributed by atoms with Crippen molar-refractivity contribution in [3.05, 3.63) is 93.3 Å². The molecule has 14 heteroatoms. The van der Waals surface area contributed by atoms with Gasteiger partial charge in [-0.2, -0.15) is 5.26 Å². The Hall–Kier alpha value is -5.76. The van der Waals surface area contributed by atoms with Crippen LogP contribution in [-0.4, -0.2) is 89.7 Å². The van der Waals surface area contributed by atoms with Crippen LogP contribution in [0.1, 0.15) is 108 Å². The number of carbonyl (C=O) groups is 5. The molecule has 0 bridgehead atoms. The zero-order valence-electron chi connectivity index (χ0n) is 34.6. The van der Waals surface area contributed by atoms with E-state index in [0.29, 0.717) is 27.9 Å². The van der Waals surface area contributed by atoms with Crippen LogP contribution in [-0.2, 0) is 9.59 Å². The Labute approximate surface area is 359 Å². The molecule has 3 aromatic carbocycles. The first-order valence-corrected chi connectivity index (χ1v) is 21.3. The van der Waals surface area contributed by atoms with Crippen molar-refractivity contribution in [3.63, 3.8) is 0 Å². The fourth-order valence-electron chi connectivity index (χ4n) is 10.3. The van der Waals surface area contributed by atoms with Gasteiger partial charge in [-0.25, -0.2) is 4.39 Å². The number of nitrogens with one attached hydrogen (secondary N) is 2. The Balaban J connectivity index is 0.809. The number of nitriles is 1. The number of ether oxygens (including phenoxy) is 1. The third kappa shape index (κ3) is 7.86. The van der Waals surface area contributed by atoms with Gasteiger partial charge >= 0.3 is 0 Å². The standard InChI is InChI=1S/C47H48ClFN6O6/c1-46(2)44(47(3,4)45(46)61-32-10-8-29(26-50)36(48)25-32)52-40(57)34-11-7-28(23-37(34)49)6-5-27-15-19-53(20-16-27)30-17-21-54(22-18-30)31-9-12-33-35(24-31)43(60)55(42(33)59)38-13-14-39(56)51-41(38)58/h7-12,23-25,27,30,38,44-45H,13-22H2,1-4H3,(H,52,57)(H,51,56,58)/t38?,44-,45-. The number of likely N-dealkylation sites (tertiary alicyclic amines) is 1. The van der Waals surface area contributed by atoms with Crippen LogP contribution in [0, 0.1) is 45.7 Å². The largest absolute Gasteiger partial charge is 0.489 e. The number of piperidine rings is 3. The normalized spacial score (nSPS) is 23.9. The van der Waals surface area contributed by atoms with E-state index in [-0.39, 0.29) is 47.6 Å². The van der Waals surface area contributed by atoms with Crippen LogP contribution in [0.5, 0.6) is 5.75 Å². The number of imide groups is 2. The minimum Gasteiger partial charge on any atom is -0.489 e. The summed E-state index contributed by atoms with van der Waals surface area (Å²) < 4.78 is 21.7. The summed E-state index contributed by atoms with van der Waals surface area (Å²) in [7, 11) is 0. The van der Waals surface area contributed by atoms with Gasteiger partial charge in [-0.05, 0) is 93.7 Å². The van der Waals surface area contributed by atoms with E-state index in [1.54, 1.807) is 36.4 Å². The second-order valence-electron chi connectivity index (χ2n) is 18.0. The number of amides is 5. The van der Waals surface area contributed by atoms with Gasteiger partial charge < -0.3 is 19.9 Å². The maximum atomic E-state index is 15.4. The fraction of sp³-hybridized carbons (Fsp3) is 0.447. The van der Waals surface area contributed by atoms with Gasteiger partial charge in [-0.1, -0.05) is 51.1 Å². The van der Waals surface area contributed by atoms with Crippen molar-refractivity contribution in [1.82, 2.24) is 20.4 Å². The van der Waals surface area contributed by atoms with E-state index in [1.807, 2.05) is 39.8 Å². The lowest BCUT2D eigenvalue weighted by molar-refractivity contribution is -0.164. The molecule has 4 fully saturated rings.